The highest BCUT2D eigenvalue weighted by molar-refractivity contribution is 5.98. The van der Waals surface area contributed by atoms with Gasteiger partial charge in [0, 0.05) is 23.9 Å². The van der Waals surface area contributed by atoms with Gasteiger partial charge in [-0.15, -0.1) is 13.2 Å². The standard InChI is InChI=1S/C21H21F7N2O4/c22-15-3-11(20(23,24)25)1-2-14(15)16(31)6-29-18-8-19(9-18,10-18)30-17(32)7-33-12-4-13(5-12)34-21(26,27)28/h1-3,12-13,29H,4-10H2,(H,30,32). The lowest BCUT2D eigenvalue weighted by Crippen LogP contribution is -2.83. The van der Waals surface area contributed by atoms with Crippen LogP contribution >= 0.6 is 0 Å². The number of rotatable bonds is 9. The molecule has 6 nitrogen and oxygen atoms in total. The molecule has 1 amide bonds. The average Bonchev–Trinajstić information content (AvgIpc) is 2.62. The van der Waals surface area contributed by atoms with Crippen LogP contribution in [0.3, 0.4) is 0 Å². The molecule has 34 heavy (non-hydrogen) atoms. The second-order valence-electron chi connectivity index (χ2n) is 9.20. The zero-order chi connectivity index (χ0) is 24.9. The molecule has 0 spiro atoms. The van der Waals surface area contributed by atoms with E-state index in [0.717, 1.165) is 6.07 Å². The molecular weight excluding hydrogens is 477 g/mol. The maximum Gasteiger partial charge on any atom is 0.522 e. The first-order valence-corrected chi connectivity index (χ1v) is 10.5. The Hall–Kier alpha value is -2.25. The molecule has 2 N–H and O–H groups in total. The van der Waals surface area contributed by atoms with Gasteiger partial charge in [0.1, 0.15) is 12.4 Å². The zero-order valence-corrected chi connectivity index (χ0v) is 17.6. The van der Waals surface area contributed by atoms with Crippen LogP contribution in [0.15, 0.2) is 18.2 Å². The lowest BCUT2D eigenvalue weighted by molar-refractivity contribution is -0.357. The summed E-state index contributed by atoms with van der Waals surface area (Å²) in [5.41, 5.74) is -2.49. The van der Waals surface area contributed by atoms with E-state index in [9.17, 15) is 40.3 Å². The fraction of sp³-hybridized carbons (Fsp3) is 0.619. The molecule has 0 aliphatic heterocycles. The molecule has 0 unspecified atom stereocenters. The Morgan fingerprint density at radius 2 is 1.65 bits per heavy atom. The summed E-state index contributed by atoms with van der Waals surface area (Å²) in [5.74, 6) is -2.34. The zero-order valence-electron chi connectivity index (χ0n) is 17.6. The number of ketones is 1. The monoisotopic (exact) mass is 498 g/mol. The topological polar surface area (TPSA) is 76.7 Å². The molecule has 1 aromatic carbocycles. The van der Waals surface area contributed by atoms with Gasteiger partial charge in [-0.05, 0) is 37.5 Å². The van der Waals surface area contributed by atoms with Crippen molar-refractivity contribution >= 4 is 11.7 Å². The lowest BCUT2D eigenvalue weighted by atomic mass is 9.44. The number of amides is 1. The van der Waals surface area contributed by atoms with Crippen LogP contribution in [-0.2, 0) is 20.4 Å². The van der Waals surface area contributed by atoms with Gasteiger partial charge in [-0.1, -0.05) is 0 Å². The van der Waals surface area contributed by atoms with Crippen LogP contribution < -0.4 is 10.6 Å². The third-order valence-corrected chi connectivity index (χ3v) is 6.46. The summed E-state index contributed by atoms with van der Waals surface area (Å²) in [5, 5.41) is 5.81. The van der Waals surface area contributed by atoms with E-state index < -0.39 is 64.5 Å². The van der Waals surface area contributed by atoms with Crippen molar-refractivity contribution in [3.63, 3.8) is 0 Å². The summed E-state index contributed by atoms with van der Waals surface area (Å²) >= 11 is 0. The Bertz CT molecular complexity index is 953. The Balaban J connectivity index is 1.15. The highest BCUT2D eigenvalue weighted by Gasteiger charge is 2.68. The third kappa shape index (κ3) is 5.36. The minimum absolute atomic E-state index is 0.0541. The van der Waals surface area contributed by atoms with Crippen molar-refractivity contribution in [1.29, 1.82) is 0 Å². The Kier molecular flexibility index (Phi) is 6.18. The van der Waals surface area contributed by atoms with E-state index in [4.69, 9.17) is 4.74 Å². The van der Waals surface area contributed by atoms with E-state index in [1.165, 1.54) is 0 Å². The van der Waals surface area contributed by atoms with Gasteiger partial charge in [-0.2, -0.15) is 13.2 Å². The molecule has 188 valence electrons. The molecule has 5 rings (SSSR count). The van der Waals surface area contributed by atoms with Gasteiger partial charge in [0.05, 0.1) is 29.9 Å². The maximum absolute atomic E-state index is 13.9. The van der Waals surface area contributed by atoms with Crippen LogP contribution in [-0.4, -0.2) is 54.5 Å². The van der Waals surface area contributed by atoms with Crippen LogP contribution in [0, 0.1) is 5.82 Å². The van der Waals surface area contributed by atoms with Gasteiger partial charge in [-0.25, -0.2) is 4.39 Å². The van der Waals surface area contributed by atoms with E-state index >= 15 is 0 Å². The van der Waals surface area contributed by atoms with E-state index in [-0.39, 0.29) is 32.1 Å². The quantitative estimate of drug-likeness (QED) is 0.403. The first kappa shape index (κ1) is 24.9. The predicted molar refractivity (Wildman–Crippen MR) is 101 cm³/mol. The second-order valence-corrected chi connectivity index (χ2v) is 9.20. The number of nitrogens with one attached hydrogen (secondary N) is 2. The largest absolute Gasteiger partial charge is 0.522 e. The Morgan fingerprint density at radius 3 is 2.21 bits per heavy atom. The lowest BCUT2D eigenvalue weighted by Gasteiger charge is -2.70. The molecule has 4 aliphatic carbocycles. The fourth-order valence-electron chi connectivity index (χ4n) is 4.85. The summed E-state index contributed by atoms with van der Waals surface area (Å²) in [4.78, 5) is 24.3. The Labute approximate surface area is 189 Å². The van der Waals surface area contributed by atoms with Gasteiger partial charge in [0.2, 0.25) is 5.91 Å². The summed E-state index contributed by atoms with van der Waals surface area (Å²) in [6, 6.07) is 1.75. The summed E-state index contributed by atoms with van der Waals surface area (Å²) in [6.07, 6.45) is -9.20. The number of alkyl halides is 6. The summed E-state index contributed by atoms with van der Waals surface area (Å²) < 4.78 is 97.2. The molecule has 0 saturated heterocycles. The summed E-state index contributed by atoms with van der Waals surface area (Å²) in [6.45, 7) is -0.560. The fourth-order valence-corrected chi connectivity index (χ4v) is 4.85. The number of hydrogen-bond acceptors (Lipinski definition) is 5. The van der Waals surface area contributed by atoms with Crippen LogP contribution in [0.5, 0.6) is 0 Å². The van der Waals surface area contributed by atoms with Crippen molar-refractivity contribution in [2.24, 2.45) is 0 Å². The van der Waals surface area contributed by atoms with Crippen molar-refractivity contribution in [2.45, 2.75) is 67.9 Å². The first-order valence-electron chi connectivity index (χ1n) is 10.5. The maximum atomic E-state index is 13.9. The van der Waals surface area contributed by atoms with E-state index in [1.54, 1.807) is 0 Å². The molecule has 0 radical (unpaired) electrons. The number of hydrogen-bond donors (Lipinski definition) is 2. The first-order chi connectivity index (χ1) is 15.7. The molecular formula is C21H21F7N2O4. The second kappa shape index (κ2) is 8.45. The number of halogens is 7. The normalized spacial score (nSPS) is 30.1. The number of Topliss-reactive ketones (excluding diaryl/α,β-unsaturated/α-hetero) is 1. The van der Waals surface area contributed by atoms with Crippen molar-refractivity contribution < 1.29 is 49.8 Å². The van der Waals surface area contributed by atoms with E-state index in [1.807, 2.05) is 0 Å². The molecule has 13 heteroatoms. The highest BCUT2D eigenvalue weighted by Crippen LogP contribution is 2.60. The average molecular weight is 498 g/mol. The number of benzene rings is 1. The number of carbonyl (C=O) groups excluding carboxylic acids is 2. The van der Waals surface area contributed by atoms with Gasteiger partial charge >= 0.3 is 12.5 Å². The molecule has 4 aliphatic rings. The molecule has 1 aromatic rings. The van der Waals surface area contributed by atoms with Crippen LogP contribution in [0.2, 0.25) is 0 Å². The number of ether oxygens (including phenoxy) is 2. The summed E-state index contributed by atoms with van der Waals surface area (Å²) in [7, 11) is 0. The van der Waals surface area contributed by atoms with Crippen LogP contribution in [0.1, 0.15) is 48.0 Å². The van der Waals surface area contributed by atoms with Crippen LogP contribution in [0.25, 0.3) is 0 Å². The SMILES string of the molecule is O=C(COC1CC(OC(F)(F)F)C1)NC12CC(NCC(=O)c3ccc(C(F)(F)F)cc3F)(C1)C2. The minimum Gasteiger partial charge on any atom is -0.368 e. The van der Waals surface area contributed by atoms with E-state index in [2.05, 4.69) is 15.4 Å². The van der Waals surface area contributed by atoms with Crippen molar-refractivity contribution in [3.05, 3.63) is 35.1 Å². The molecule has 4 saturated carbocycles. The molecule has 0 aromatic heterocycles. The smallest absolute Gasteiger partial charge is 0.368 e. The number of carbonyl (C=O) groups is 2. The van der Waals surface area contributed by atoms with E-state index in [0.29, 0.717) is 25.3 Å². The van der Waals surface area contributed by atoms with Crippen molar-refractivity contribution in [3.8, 4) is 0 Å². The van der Waals surface area contributed by atoms with Crippen molar-refractivity contribution in [2.75, 3.05) is 13.2 Å². The van der Waals surface area contributed by atoms with Gasteiger partial charge in [0.25, 0.3) is 0 Å². The predicted octanol–water partition coefficient (Wildman–Crippen LogP) is 3.49. The molecule has 0 atom stereocenters. The molecule has 4 fully saturated rings. The highest BCUT2D eigenvalue weighted by atomic mass is 19.4. The van der Waals surface area contributed by atoms with Gasteiger partial charge in [0.15, 0.2) is 5.78 Å². The van der Waals surface area contributed by atoms with Gasteiger partial charge in [-0.3, -0.25) is 14.3 Å². The third-order valence-electron chi connectivity index (χ3n) is 6.46. The molecule has 2 bridgehead atoms. The Morgan fingerprint density at radius 1 is 1.00 bits per heavy atom. The van der Waals surface area contributed by atoms with Crippen LogP contribution in [0.4, 0.5) is 30.7 Å². The minimum atomic E-state index is -4.71. The van der Waals surface area contributed by atoms with Gasteiger partial charge < -0.3 is 15.4 Å². The molecule has 0 heterocycles. The van der Waals surface area contributed by atoms with Crippen molar-refractivity contribution in [1.82, 2.24) is 10.6 Å².